The lowest BCUT2D eigenvalue weighted by atomic mass is 10.2. The number of hydrogen-bond donors (Lipinski definition) is 1. The smallest absolute Gasteiger partial charge is 0.271 e. The summed E-state index contributed by atoms with van der Waals surface area (Å²) in [5, 5.41) is 5.09. The molecule has 0 spiro atoms. The lowest BCUT2D eigenvalue weighted by Crippen LogP contribution is -2.23. The van der Waals surface area contributed by atoms with E-state index >= 15 is 0 Å². The Morgan fingerprint density at radius 2 is 1.84 bits per heavy atom. The van der Waals surface area contributed by atoms with Crippen molar-refractivity contribution in [2.75, 3.05) is 0 Å². The van der Waals surface area contributed by atoms with Crippen LogP contribution in [0.5, 0.6) is 5.75 Å². The summed E-state index contributed by atoms with van der Waals surface area (Å²) >= 11 is 1.31. The SMILES string of the molecule is O=C(NCc1cccnc1)c1csc(-c2ccccc2OCc2cc(F)cc(F)c2)n1. The summed E-state index contributed by atoms with van der Waals surface area (Å²) in [6.45, 7) is 0.346. The highest BCUT2D eigenvalue weighted by atomic mass is 32.1. The van der Waals surface area contributed by atoms with Crippen LogP contribution in [-0.2, 0) is 13.2 Å². The van der Waals surface area contributed by atoms with Crippen molar-refractivity contribution >= 4 is 17.2 Å². The first-order valence-electron chi connectivity index (χ1n) is 9.38. The summed E-state index contributed by atoms with van der Waals surface area (Å²) in [5.41, 5.74) is 2.25. The molecule has 2 heterocycles. The van der Waals surface area contributed by atoms with E-state index in [2.05, 4.69) is 15.3 Å². The second-order valence-electron chi connectivity index (χ2n) is 6.64. The highest BCUT2D eigenvalue weighted by molar-refractivity contribution is 7.13. The van der Waals surface area contributed by atoms with Gasteiger partial charge in [0.25, 0.3) is 5.91 Å². The van der Waals surface area contributed by atoms with Crippen molar-refractivity contribution in [2.24, 2.45) is 0 Å². The number of ether oxygens (including phenoxy) is 1. The molecule has 8 heteroatoms. The number of amides is 1. The van der Waals surface area contributed by atoms with Crippen LogP contribution in [0.3, 0.4) is 0 Å². The van der Waals surface area contributed by atoms with E-state index < -0.39 is 11.6 Å². The second kappa shape index (κ2) is 9.44. The molecule has 0 radical (unpaired) electrons. The molecular formula is C23H17F2N3O2S. The van der Waals surface area contributed by atoms with Crippen molar-refractivity contribution in [1.82, 2.24) is 15.3 Å². The summed E-state index contributed by atoms with van der Waals surface area (Å²) in [6.07, 6.45) is 3.35. The summed E-state index contributed by atoms with van der Waals surface area (Å²) in [7, 11) is 0. The van der Waals surface area contributed by atoms with Gasteiger partial charge in [0.05, 0.1) is 5.56 Å². The van der Waals surface area contributed by atoms with Crippen LogP contribution in [0, 0.1) is 11.6 Å². The number of pyridine rings is 1. The molecule has 0 saturated heterocycles. The summed E-state index contributed by atoms with van der Waals surface area (Å²) < 4.78 is 32.6. The normalized spacial score (nSPS) is 10.6. The summed E-state index contributed by atoms with van der Waals surface area (Å²) in [4.78, 5) is 20.9. The third-order valence-corrected chi connectivity index (χ3v) is 5.22. The predicted molar refractivity (Wildman–Crippen MR) is 114 cm³/mol. The van der Waals surface area contributed by atoms with Gasteiger partial charge in [-0.1, -0.05) is 18.2 Å². The first kappa shape index (κ1) is 20.6. The molecule has 0 fully saturated rings. The zero-order valence-corrected chi connectivity index (χ0v) is 17.0. The Morgan fingerprint density at radius 1 is 1.03 bits per heavy atom. The van der Waals surface area contributed by atoms with Crippen LogP contribution >= 0.6 is 11.3 Å². The van der Waals surface area contributed by atoms with E-state index in [1.807, 2.05) is 18.2 Å². The van der Waals surface area contributed by atoms with Crippen LogP contribution in [0.15, 0.2) is 72.4 Å². The maximum atomic E-state index is 13.4. The van der Waals surface area contributed by atoms with Crippen molar-refractivity contribution in [2.45, 2.75) is 13.2 Å². The Balaban J connectivity index is 1.46. The van der Waals surface area contributed by atoms with E-state index in [0.717, 1.165) is 11.6 Å². The fourth-order valence-electron chi connectivity index (χ4n) is 2.90. The number of hydrogen-bond acceptors (Lipinski definition) is 5. The summed E-state index contributed by atoms with van der Waals surface area (Å²) in [6, 6.07) is 14.1. The van der Waals surface area contributed by atoms with Gasteiger partial charge in [-0.3, -0.25) is 9.78 Å². The van der Waals surface area contributed by atoms with Gasteiger partial charge in [0.15, 0.2) is 0 Å². The highest BCUT2D eigenvalue weighted by Crippen LogP contribution is 2.32. The van der Waals surface area contributed by atoms with Crippen LogP contribution in [0.1, 0.15) is 21.6 Å². The van der Waals surface area contributed by atoms with Crippen LogP contribution in [0.25, 0.3) is 10.6 Å². The monoisotopic (exact) mass is 437 g/mol. The van der Waals surface area contributed by atoms with Crippen molar-refractivity contribution < 1.29 is 18.3 Å². The minimum atomic E-state index is -0.659. The molecule has 0 unspecified atom stereocenters. The third-order valence-electron chi connectivity index (χ3n) is 4.35. The fraction of sp³-hybridized carbons (Fsp3) is 0.0870. The number of nitrogens with one attached hydrogen (secondary N) is 1. The topological polar surface area (TPSA) is 64.1 Å². The number of thiazole rings is 1. The van der Waals surface area contributed by atoms with Crippen LogP contribution < -0.4 is 10.1 Å². The largest absolute Gasteiger partial charge is 0.488 e. The fourth-order valence-corrected chi connectivity index (χ4v) is 3.73. The van der Waals surface area contributed by atoms with Crippen molar-refractivity contribution in [3.8, 4) is 16.3 Å². The van der Waals surface area contributed by atoms with Crippen LogP contribution in [-0.4, -0.2) is 15.9 Å². The number of benzene rings is 2. The average molecular weight is 437 g/mol. The van der Waals surface area contributed by atoms with Crippen molar-refractivity contribution in [3.63, 3.8) is 0 Å². The molecule has 4 rings (SSSR count). The number of carbonyl (C=O) groups excluding carboxylic acids is 1. The molecule has 0 aliphatic heterocycles. The zero-order chi connectivity index (χ0) is 21.6. The van der Waals surface area contributed by atoms with Gasteiger partial charge in [-0.05, 0) is 41.5 Å². The average Bonchev–Trinajstić information content (AvgIpc) is 3.27. The van der Waals surface area contributed by atoms with E-state index in [0.29, 0.717) is 34.1 Å². The number of nitrogens with zero attached hydrogens (tertiary/aromatic N) is 2. The van der Waals surface area contributed by atoms with Crippen LogP contribution in [0.2, 0.25) is 0 Å². The molecule has 2 aromatic carbocycles. The van der Waals surface area contributed by atoms with Gasteiger partial charge in [-0.15, -0.1) is 11.3 Å². The number of rotatable bonds is 7. The van der Waals surface area contributed by atoms with Gasteiger partial charge >= 0.3 is 0 Å². The Bertz CT molecular complexity index is 1180. The number of carbonyl (C=O) groups is 1. The lowest BCUT2D eigenvalue weighted by molar-refractivity contribution is 0.0946. The maximum Gasteiger partial charge on any atom is 0.271 e. The van der Waals surface area contributed by atoms with Crippen molar-refractivity contribution in [3.05, 3.63) is 101 Å². The molecule has 0 saturated carbocycles. The molecule has 4 aromatic rings. The molecule has 5 nitrogen and oxygen atoms in total. The molecule has 0 atom stereocenters. The molecule has 31 heavy (non-hydrogen) atoms. The minimum Gasteiger partial charge on any atom is -0.488 e. The van der Waals surface area contributed by atoms with Gasteiger partial charge in [0.2, 0.25) is 0 Å². The predicted octanol–water partition coefficient (Wildman–Crippen LogP) is 4.99. The Hall–Kier alpha value is -3.65. The Morgan fingerprint density at radius 3 is 2.61 bits per heavy atom. The molecule has 0 bridgehead atoms. The van der Waals surface area contributed by atoms with Crippen LogP contribution in [0.4, 0.5) is 8.78 Å². The lowest BCUT2D eigenvalue weighted by Gasteiger charge is -2.10. The van der Waals surface area contributed by atoms with E-state index in [4.69, 9.17) is 4.74 Å². The zero-order valence-electron chi connectivity index (χ0n) is 16.2. The number of aromatic nitrogens is 2. The third kappa shape index (κ3) is 5.29. The maximum absolute atomic E-state index is 13.4. The van der Waals surface area contributed by atoms with E-state index in [1.54, 1.807) is 36.0 Å². The number of para-hydroxylation sites is 1. The number of halogens is 2. The second-order valence-corrected chi connectivity index (χ2v) is 7.50. The van der Waals surface area contributed by atoms with Crippen molar-refractivity contribution in [1.29, 1.82) is 0 Å². The van der Waals surface area contributed by atoms with E-state index in [1.165, 1.54) is 23.5 Å². The van der Waals surface area contributed by atoms with Gasteiger partial charge < -0.3 is 10.1 Å². The molecule has 1 amide bonds. The standard InChI is InChI=1S/C23H17F2N3O2S/c24-17-8-16(9-18(25)10-17)13-30-21-6-2-1-5-19(21)23-28-20(14-31-23)22(29)27-12-15-4-3-7-26-11-15/h1-11,14H,12-13H2,(H,27,29). The molecule has 0 aliphatic rings. The first-order chi connectivity index (χ1) is 15.1. The molecule has 0 aliphatic carbocycles. The quantitative estimate of drug-likeness (QED) is 0.442. The Labute approximate surface area is 181 Å². The van der Waals surface area contributed by atoms with Gasteiger partial charge in [-0.25, -0.2) is 13.8 Å². The highest BCUT2D eigenvalue weighted by Gasteiger charge is 2.15. The van der Waals surface area contributed by atoms with Gasteiger partial charge in [-0.2, -0.15) is 0 Å². The molecular weight excluding hydrogens is 420 g/mol. The summed E-state index contributed by atoms with van der Waals surface area (Å²) in [5.74, 6) is -1.11. The van der Waals surface area contributed by atoms with E-state index in [-0.39, 0.29) is 12.5 Å². The van der Waals surface area contributed by atoms with Gasteiger partial charge in [0, 0.05) is 30.4 Å². The Kier molecular flexibility index (Phi) is 6.28. The minimum absolute atomic E-state index is 0.00444. The molecule has 2 aromatic heterocycles. The molecule has 1 N–H and O–H groups in total. The van der Waals surface area contributed by atoms with E-state index in [9.17, 15) is 13.6 Å². The molecule has 156 valence electrons. The van der Waals surface area contributed by atoms with Gasteiger partial charge in [0.1, 0.15) is 34.7 Å². The first-order valence-corrected chi connectivity index (χ1v) is 10.3.